The lowest BCUT2D eigenvalue weighted by Crippen LogP contribution is -2.52. The number of hydrogen-bond acceptors (Lipinski definition) is 4. The highest BCUT2D eigenvalue weighted by Crippen LogP contribution is 3.02. The SMILES string of the molecule is CN1C(N)=N[C@](C)(c2ccc(F)cc2F)[C@H](c2ccc(S(F)(F)(F)(F)F)cc2)S1(=O)=O. The van der Waals surface area contributed by atoms with Crippen molar-refractivity contribution in [3.63, 3.8) is 0 Å². The molecule has 1 aliphatic rings. The molecule has 2 aromatic rings. The van der Waals surface area contributed by atoms with E-state index in [0.717, 1.165) is 26.1 Å². The van der Waals surface area contributed by atoms with Crippen LogP contribution in [0.4, 0.5) is 28.2 Å². The van der Waals surface area contributed by atoms with E-state index < -0.39 is 59.1 Å². The first-order valence-corrected chi connectivity index (χ1v) is 11.9. The second-order valence-corrected chi connectivity index (χ2v) is 11.6. The third-order valence-corrected chi connectivity index (χ3v) is 8.40. The first kappa shape index (κ1) is 23.2. The number of halogens is 7. The van der Waals surface area contributed by atoms with Gasteiger partial charge in [-0.25, -0.2) is 26.5 Å². The monoisotopic (exact) mass is 491 g/mol. The minimum absolute atomic E-state index is 0.0511. The Morgan fingerprint density at radius 2 is 1.58 bits per heavy atom. The molecule has 0 saturated heterocycles. The van der Waals surface area contributed by atoms with E-state index in [-0.39, 0.29) is 17.7 Å². The van der Waals surface area contributed by atoms with Gasteiger partial charge in [-0.3, -0.25) is 0 Å². The van der Waals surface area contributed by atoms with Crippen LogP contribution in [0.2, 0.25) is 0 Å². The average Bonchev–Trinajstić information content (AvgIpc) is 2.58. The van der Waals surface area contributed by atoms with E-state index in [4.69, 9.17) is 5.73 Å². The van der Waals surface area contributed by atoms with Gasteiger partial charge in [0.25, 0.3) is 0 Å². The smallest absolute Gasteiger partial charge is 0.310 e. The highest BCUT2D eigenvalue weighted by Gasteiger charge is 2.65. The molecule has 0 unspecified atom stereocenters. The number of rotatable bonds is 3. The van der Waals surface area contributed by atoms with Crippen LogP contribution in [0.25, 0.3) is 0 Å². The van der Waals surface area contributed by atoms with Gasteiger partial charge in [0, 0.05) is 18.7 Å². The summed E-state index contributed by atoms with van der Waals surface area (Å²) in [5.41, 5.74) is 2.83. The molecule has 1 aliphatic heterocycles. The van der Waals surface area contributed by atoms with Crippen molar-refractivity contribution in [3.8, 4) is 0 Å². The molecule has 3 rings (SSSR count). The molecule has 5 nitrogen and oxygen atoms in total. The van der Waals surface area contributed by atoms with Crippen molar-refractivity contribution < 1.29 is 36.6 Å². The van der Waals surface area contributed by atoms with Crippen molar-refractivity contribution >= 4 is 26.2 Å². The number of benzene rings is 2. The van der Waals surface area contributed by atoms with Crippen molar-refractivity contribution in [2.75, 3.05) is 7.05 Å². The highest BCUT2D eigenvalue weighted by molar-refractivity contribution is 8.45. The number of nitrogens with two attached hydrogens (primary N) is 1. The van der Waals surface area contributed by atoms with Crippen molar-refractivity contribution in [2.24, 2.45) is 10.7 Å². The molecule has 14 heteroatoms. The second-order valence-electron chi connectivity index (χ2n) is 7.17. The number of sulfonamides is 1. The summed E-state index contributed by atoms with van der Waals surface area (Å²) in [6.07, 6.45) is 0. The predicted molar refractivity (Wildman–Crippen MR) is 103 cm³/mol. The normalized spacial score (nSPS) is 26.0. The summed E-state index contributed by atoms with van der Waals surface area (Å²) in [7, 11) is -13.5. The Balaban J connectivity index is 2.29. The summed E-state index contributed by atoms with van der Waals surface area (Å²) < 4.78 is 120. The third kappa shape index (κ3) is 3.93. The van der Waals surface area contributed by atoms with Crippen LogP contribution in [0.3, 0.4) is 0 Å². The van der Waals surface area contributed by atoms with Crippen LogP contribution >= 0.6 is 10.2 Å². The Morgan fingerprint density at radius 3 is 2.06 bits per heavy atom. The number of nitrogens with zero attached hydrogens (tertiary/aromatic N) is 2. The first-order chi connectivity index (χ1) is 13.8. The predicted octanol–water partition coefficient (Wildman–Crippen LogP) is 5.17. The molecule has 2 atom stereocenters. The van der Waals surface area contributed by atoms with Gasteiger partial charge in [-0.2, -0.15) is 0 Å². The Labute approximate surface area is 173 Å². The molecular weight excluding hydrogens is 475 g/mol. The molecule has 0 aromatic heterocycles. The van der Waals surface area contributed by atoms with E-state index in [1.54, 1.807) is 0 Å². The molecule has 2 N–H and O–H groups in total. The molecular formula is C17H16F7N3O2S2. The van der Waals surface area contributed by atoms with Gasteiger partial charge in [-0.15, -0.1) is 0 Å². The first-order valence-electron chi connectivity index (χ1n) is 8.40. The standard InChI is InChI=1S/C17H16F7N3O2S2/c1-17(13-8-5-11(18)9-14(13)19)15(30(28,29)27(2)16(25)26-17)10-3-6-12(7-4-10)31(20,21,22,23)24/h3-9,15H,1-2H3,(H2,25,26)/t15-,17+/m0/s1. The fourth-order valence-corrected chi connectivity index (χ4v) is 5.97. The van der Waals surface area contributed by atoms with E-state index in [1.807, 2.05) is 0 Å². The van der Waals surface area contributed by atoms with Gasteiger partial charge < -0.3 is 5.73 Å². The molecule has 0 bridgehead atoms. The minimum atomic E-state index is -10.0. The lowest BCUT2D eigenvalue weighted by Gasteiger charge is -2.42. The molecule has 0 saturated carbocycles. The van der Waals surface area contributed by atoms with E-state index in [1.165, 1.54) is 0 Å². The summed E-state index contributed by atoms with van der Waals surface area (Å²) in [5.74, 6) is -2.69. The molecule has 0 aliphatic carbocycles. The topological polar surface area (TPSA) is 75.8 Å². The van der Waals surface area contributed by atoms with Crippen LogP contribution in [-0.4, -0.2) is 25.7 Å². The second kappa shape index (κ2) is 6.06. The Kier molecular flexibility index (Phi) is 4.53. The van der Waals surface area contributed by atoms with Gasteiger partial charge in [0.15, 0.2) is 0 Å². The van der Waals surface area contributed by atoms with Crippen LogP contribution < -0.4 is 5.73 Å². The third-order valence-electron chi connectivity index (χ3n) is 4.96. The van der Waals surface area contributed by atoms with Crippen molar-refractivity contribution in [1.82, 2.24) is 4.31 Å². The molecule has 1 heterocycles. The Morgan fingerprint density at radius 1 is 1.03 bits per heavy atom. The lowest BCUT2D eigenvalue weighted by molar-refractivity contribution is 0.364. The van der Waals surface area contributed by atoms with Gasteiger partial charge >= 0.3 is 10.2 Å². The molecule has 172 valence electrons. The summed E-state index contributed by atoms with van der Waals surface area (Å²) in [6.45, 7) is 1.14. The maximum Gasteiger partial charge on any atom is 0.310 e. The van der Waals surface area contributed by atoms with Crippen molar-refractivity contribution in [3.05, 3.63) is 65.2 Å². The van der Waals surface area contributed by atoms with Crippen molar-refractivity contribution in [1.29, 1.82) is 0 Å². The molecule has 31 heavy (non-hydrogen) atoms. The lowest BCUT2D eigenvalue weighted by atomic mass is 9.85. The van der Waals surface area contributed by atoms with Crippen LogP contribution in [0.5, 0.6) is 0 Å². The van der Waals surface area contributed by atoms with Gasteiger partial charge in [-0.05, 0) is 30.7 Å². The van der Waals surface area contributed by atoms with Crippen LogP contribution in [0, 0.1) is 11.6 Å². The maximum absolute atomic E-state index is 14.6. The van der Waals surface area contributed by atoms with Gasteiger partial charge in [0.05, 0.1) is 0 Å². The summed E-state index contributed by atoms with van der Waals surface area (Å²) in [5, 5.41) is -1.86. The summed E-state index contributed by atoms with van der Waals surface area (Å²) in [4.78, 5) is 1.80. The molecule has 0 radical (unpaired) electrons. The number of guanidine groups is 1. The Bertz CT molecular complexity index is 1200. The molecule has 0 fully saturated rings. The summed E-state index contributed by atoms with van der Waals surface area (Å²) >= 11 is 0. The van der Waals surface area contributed by atoms with Crippen molar-refractivity contribution in [2.45, 2.75) is 22.6 Å². The Hall–Kier alpha value is -2.48. The minimum Gasteiger partial charge on any atom is -0.369 e. The number of aliphatic imine (C=N–C) groups is 1. The fourth-order valence-electron chi connectivity index (χ4n) is 3.44. The highest BCUT2D eigenvalue weighted by atomic mass is 32.5. The maximum atomic E-state index is 14.6. The van der Waals surface area contributed by atoms with E-state index in [2.05, 4.69) is 4.99 Å². The van der Waals surface area contributed by atoms with Crippen LogP contribution in [-0.2, 0) is 15.6 Å². The van der Waals surface area contributed by atoms with E-state index in [0.29, 0.717) is 22.5 Å². The fraction of sp³-hybridized carbons (Fsp3) is 0.235. The average molecular weight is 491 g/mol. The quantitative estimate of drug-likeness (QED) is 0.602. The summed E-state index contributed by atoms with van der Waals surface area (Å²) in [6, 6.07) is 3.46. The van der Waals surface area contributed by atoms with Gasteiger partial charge in [-0.1, -0.05) is 37.6 Å². The van der Waals surface area contributed by atoms with E-state index in [9.17, 15) is 36.6 Å². The van der Waals surface area contributed by atoms with E-state index >= 15 is 0 Å². The zero-order valence-corrected chi connectivity index (χ0v) is 17.5. The zero-order chi connectivity index (χ0) is 23.7. The zero-order valence-electron chi connectivity index (χ0n) is 15.9. The van der Waals surface area contributed by atoms with Crippen LogP contribution in [0.1, 0.15) is 23.3 Å². The molecule has 0 spiro atoms. The molecule has 0 amide bonds. The largest absolute Gasteiger partial charge is 0.369 e. The number of hydrogen-bond donors (Lipinski definition) is 1. The van der Waals surface area contributed by atoms with Crippen LogP contribution in [0.15, 0.2) is 52.4 Å². The van der Waals surface area contributed by atoms with Gasteiger partial charge in [0.1, 0.15) is 27.3 Å². The van der Waals surface area contributed by atoms with Gasteiger partial charge in [0.2, 0.25) is 16.0 Å². The molecule has 2 aromatic carbocycles.